The van der Waals surface area contributed by atoms with E-state index in [1.54, 1.807) is 49.5 Å². The number of hydrogen-bond acceptors (Lipinski definition) is 7. The molecule has 0 radical (unpaired) electrons. The Labute approximate surface area is 185 Å². The SMILES string of the molecule is CCCS(=O)(=O)Nc1ccc(NC(=O)c2cccnc2SCc2c(C)noc2C)cc1. The molecule has 8 nitrogen and oxygen atoms in total. The Morgan fingerprint density at radius 2 is 1.84 bits per heavy atom. The number of rotatable bonds is 9. The van der Waals surface area contributed by atoms with E-state index in [4.69, 9.17) is 4.52 Å². The first-order chi connectivity index (χ1) is 14.8. The minimum absolute atomic E-state index is 0.0564. The van der Waals surface area contributed by atoms with Crippen LogP contribution in [0.5, 0.6) is 0 Å². The van der Waals surface area contributed by atoms with Gasteiger partial charge in [0.2, 0.25) is 10.0 Å². The molecule has 3 rings (SSSR count). The van der Waals surface area contributed by atoms with Crippen LogP contribution < -0.4 is 10.0 Å². The first kappa shape index (κ1) is 22.8. The molecular formula is C21H24N4O4S2. The Balaban J connectivity index is 1.68. The maximum atomic E-state index is 12.8. The first-order valence-electron chi connectivity index (χ1n) is 9.70. The van der Waals surface area contributed by atoms with E-state index >= 15 is 0 Å². The van der Waals surface area contributed by atoms with E-state index in [0.717, 1.165) is 17.0 Å². The third-order valence-electron chi connectivity index (χ3n) is 4.44. The summed E-state index contributed by atoms with van der Waals surface area (Å²) in [6, 6.07) is 9.94. The molecule has 0 saturated carbocycles. The van der Waals surface area contributed by atoms with Crippen molar-refractivity contribution >= 4 is 39.1 Å². The Kier molecular flexibility index (Phi) is 7.34. The second kappa shape index (κ2) is 9.97. The van der Waals surface area contributed by atoms with E-state index in [2.05, 4.69) is 20.2 Å². The number of amides is 1. The Bertz CT molecular complexity index is 1140. The predicted octanol–water partition coefficient (Wildman–Crippen LogP) is 4.38. The summed E-state index contributed by atoms with van der Waals surface area (Å²) in [5.41, 5.74) is 3.26. The summed E-state index contributed by atoms with van der Waals surface area (Å²) in [7, 11) is -3.36. The Hall–Kier alpha value is -2.85. The van der Waals surface area contributed by atoms with Gasteiger partial charge in [0.15, 0.2) is 0 Å². The van der Waals surface area contributed by atoms with Gasteiger partial charge in [-0.15, -0.1) is 11.8 Å². The summed E-state index contributed by atoms with van der Waals surface area (Å²) in [6.45, 7) is 5.54. The number of nitrogens with one attached hydrogen (secondary N) is 2. The topological polar surface area (TPSA) is 114 Å². The molecule has 2 aromatic heterocycles. The molecule has 0 saturated heterocycles. The molecule has 1 aromatic carbocycles. The molecule has 2 heterocycles. The van der Waals surface area contributed by atoms with Gasteiger partial charge in [-0.3, -0.25) is 9.52 Å². The number of hydrogen-bond donors (Lipinski definition) is 2. The van der Waals surface area contributed by atoms with Crippen LogP contribution in [0.15, 0.2) is 52.1 Å². The van der Waals surface area contributed by atoms with Gasteiger partial charge in [-0.2, -0.15) is 0 Å². The highest BCUT2D eigenvalue weighted by Crippen LogP contribution is 2.27. The van der Waals surface area contributed by atoms with Crippen molar-refractivity contribution in [2.24, 2.45) is 0 Å². The number of carbonyl (C=O) groups is 1. The second-order valence-corrected chi connectivity index (χ2v) is 9.71. The van der Waals surface area contributed by atoms with E-state index in [1.807, 2.05) is 13.8 Å². The molecular weight excluding hydrogens is 436 g/mol. The monoisotopic (exact) mass is 460 g/mol. The molecule has 10 heteroatoms. The van der Waals surface area contributed by atoms with Crippen molar-refractivity contribution in [3.05, 3.63) is 65.2 Å². The number of sulfonamides is 1. The van der Waals surface area contributed by atoms with Crippen molar-refractivity contribution in [1.82, 2.24) is 10.1 Å². The van der Waals surface area contributed by atoms with E-state index in [0.29, 0.717) is 34.1 Å². The van der Waals surface area contributed by atoms with Gasteiger partial charge in [0, 0.05) is 28.9 Å². The average molecular weight is 461 g/mol. The van der Waals surface area contributed by atoms with Gasteiger partial charge < -0.3 is 9.84 Å². The van der Waals surface area contributed by atoms with Gasteiger partial charge in [0.05, 0.1) is 17.0 Å². The van der Waals surface area contributed by atoms with Crippen LogP contribution in [0.1, 0.15) is 40.7 Å². The van der Waals surface area contributed by atoms with Crippen LogP contribution in [-0.4, -0.2) is 30.2 Å². The molecule has 0 aliphatic rings. The van der Waals surface area contributed by atoms with Crippen LogP contribution in [0.4, 0.5) is 11.4 Å². The summed E-state index contributed by atoms with van der Waals surface area (Å²) < 4.78 is 31.4. The van der Waals surface area contributed by atoms with Gasteiger partial charge in [0.1, 0.15) is 10.8 Å². The van der Waals surface area contributed by atoms with E-state index in [9.17, 15) is 13.2 Å². The van der Waals surface area contributed by atoms with Crippen molar-refractivity contribution in [1.29, 1.82) is 0 Å². The number of pyridine rings is 1. The summed E-state index contributed by atoms with van der Waals surface area (Å²) in [5, 5.41) is 7.38. The molecule has 0 spiro atoms. The fourth-order valence-electron chi connectivity index (χ4n) is 2.85. The van der Waals surface area contributed by atoms with Gasteiger partial charge in [-0.05, 0) is 56.7 Å². The van der Waals surface area contributed by atoms with Crippen LogP contribution in [0.3, 0.4) is 0 Å². The van der Waals surface area contributed by atoms with Gasteiger partial charge in [-0.25, -0.2) is 13.4 Å². The molecule has 2 N–H and O–H groups in total. The van der Waals surface area contributed by atoms with Crippen LogP contribution in [0.25, 0.3) is 0 Å². The Morgan fingerprint density at radius 1 is 1.13 bits per heavy atom. The third-order valence-corrected chi connectivity index (χ3v) is 6.96. The van der Waals surface area contributed by atoms with E-state index in [-0.39, 0.29) is 11.7 Å². The number of nitrogens with zero attached hydrogens (tertiary/aromatic N) is 2. The molecule has 1 amide bonds. The molecule has 0 unspecified atom stereocenters. The zero-order chi connectivity index (χ0) is 22.4. The molecule has 3 aromatic rings. The largest absolute Gasteiger partial charge is 0.361 e. The number of aromatic nitrogens is 2. The highest BCUT2D eigenvalue weighted by Gasteiger charge is 2.16. The average Bonchev–Trinajstić information content (AvgIpc) is 3.05. The van der Waals surface area contributed by atoms with Crippen molar-refractivity contribution in [2.45, 2.75) is 38.0 Å². The van der Waals surface area contributed by atoms with Crippen molar-refractivity contribution < 1.29 is 17.7 Å². The minimum Gasteiger partial charge on any atom is -0.361 e. The lowest BCUT2D eigenvalue weighted by atomic mass is 10.2. The van der Waals surface area contributed by atoms with E-state index < -0.39 is 10.0 Å². The fraction of sp³-hybridized carbons (Fsp3) is 0.286. The smallest absolute Gasteiger partial charge is 0.258 e. The van der Waals surface area contributed by atoms with Crippen molar-refractivity contribution in [2.75, 3.05) is 15.8 Å². The highest BCUT2D eigenvalue weighted by molar-refractivity contribution is 7.98. The summed E-state index contributed by atoms with van der Waals surface area (Å²) in [5.74, 6) is 1.10. The Morgan fingerprint density at radius 3 is 2.48 bits per heavy atom. The normalized spacial score (nSPS) is 11.3. The maximum Gasteiger partial charge on any atom is 0.258 e. The summed E-state index contributed by atoms with van der Waals surface area (Å²) in [6.07, 6.45) is 2.18. The number of thioether (sulfide) groups is 1. The van der Waals surface area contributed by atoms with Gasteiger partial charge >= 0.3 is 0 Å². The van der Waals surface area contributed by atoms with Gasteiger partial charge in [0.25, 0.3) is 5.91 Å². The summed E-state index contributed by atoms with van der Waals surface area (Å²) in [4.78, 5) is 17.2. The van der Waals surface area contributed by atoms with Crippen molar-refractivity contribution in [3.8, 4) is 0 Å². The zero-order valence-corrected chi connectivity index (χ0v) is 19.1. The lowest BCUT2D eigenvalue weighted by Gasteiger charge is -2.11. The quantitative estimate of drug-likeness (QED) is 0.455. The number of anilines is 2. The molecule has 0 aliphatic heterocycles. The molecule has 0 aliphatic carbocycles. The lowest BCUT2D eigenvalue weighted by molar-refractivity contribution is 0.102. The van der Waals surface area contributed by atoms with Crippen LogP contribution in [-0.2, 0) is 15.8 Å². The predicted molar refractivity (Wildman–Crippen MR) is 122 cm³/mol. The third kappa shape index (κ3) is 6.08. The second-order valence-electron chi connectivity index (χ2n) is 6.90. The van der Waals surface area contributed by atoms with E-state index in [1.165, 1.54) is 11.8 Å². The number of benzene rings is 1. The minimum atomic E-state index is -3.36. The molecule has 0 bridgehead atoms. The highest BCUT2D eigenvalue weighted by atomic mass is 32.2. The first-order valence-corrected chi connectivity index (χ1v) is 12.3. The van der Waals surface area contributed by atoms with Crippen molar-refractivity contribution in [3.63, 3.8) is 0 Å². The molecule has 164 valence electrons. The lowest BCUT2D eigenvalue weighted by Crippen LogP contribution is -2.16. The summed E-state index contributed by atoms with van der Waals surface area (Å²) >= 11 is 1.44. The number of carbonyl (C=O) groups excluding carboxylic acids is 1. The maximum absolute atomic E-state index is 12.8. The number of aryl methyl sites for hydroxylation is 2. The van der Waals surface area contributed by atoms with Crippen LogP contribution in [0, 0.1) is 13.8 Å². The molecule has 0 fully saturated rings. The van der Waals surface area contributed by atoms with Gasteiger partial charge in [-0.1, -0.05) is 12.1 Å². The molecule has 31 heavy (non-hydrogen) atoms. The standard InChI is InChI=1S/C21H24N4O4S2/c1-4-12-31(27,28)25-17-9-7-16(8-10-17)23-20(26)18-6-5-11-22-21(18)30-13-19-14(2)24-29-15(19)3/h5-11,25H,4,12-13H2,1-3H3,(H,23,26). The zero-order valence-electron chi connectivity index (χ0n) is 17.5. The fourth-order valence-corrected chi connectivity index (χ4v) is 5.13. The molecule has 0 atom stereocenters. The van der Waals surface area contributed by atoms with Crippen LogP contribution >= 0.6 is 11.8 Å². The van der Waals surface area contributed by atoms with Crippen LogP contribution in [0.2, 0.25) is 0 Å².